The molecule has 0 saturated carbocycles. The highest BCUT2D eigenvalue weighted by Gasteiger charge is 2.22. The summed E-state index contributed by atoms with van der Waals surface area (Å²) < 4.78 is 0. The van der Waals surface area contributed by atoms with E-state index in [1.54, 1.807) is 19.1 Å². The van der Waals surface area contributed by atoms with Gasteiger partial charge in [0.1, 0.15) is 0 Å². The monoisotopic (exact) mass is 263 g/mol. The fourth-order valence-corrected chi connectivity index (χ4v) is 2.28. The first-order valence-electron chi connectivity index (χ1n) is 6.35. The summed E-state index contributed by atoms with van der Waals surface area (Å²) in [5, 5.41) is 16.8. The molecule has 1 aromatic carbocycles. The smallest absolute Gasteiger partial charge is 0.274 e. The summed E-state index contributed by atoms with van der Waals surface area (Å²) in [7, 11) is 0. The van der Waals surface area contributed by atoms with Gasteiger partial charge in [-0.1, -0.05) is 6.07 Å². The normalized spacial score (nSPS) is 16.1. The minimum Gasteiger partial charge on any atom is -0.325 e. The third kappa shape index (κ3) is 3.08. The lowest BCUT2D eigenvalue weighted by Gasteiger charge is -2.22. The molecule has 102 valence electrons. The Bertz CT molecular complexity index is 496. The van der Waals surface area contributed by atoms with Gasteiger partial charge >= 0.3 is 0 Å². The topological polar surface area (TPSA) is 84.3 Å². The van der Waals surface area contributed by atoms with Crippen LogP contribution in [0.2, 0.25) is 0 Å². The summed E-state index contributed by atoms with van der Waals surface area (Å²) in [5.74, 6) is -0.0648. The van der Waals surface area contributed by atoms with Gasteiger partial charge in [-0.15, -0.1) is 0 Å². The van der Waals surface area contributed by atoms with E-state index in [0.717, 1.165) is 25.9 Å². The Labute approximate surface area is 111 Å². The van der Waals surface area contributed by atoms with E-state index < -0.39 is 4.92 Å². The second-order valence-electron chi connectivity index (χ2n) is 4.72. The molecular formula is C13H17N3O3. The van der Waals surface area contributed by atoms with Crippen LogP contribution in [0.25, 0.3) is 0 Å². The number of hydrogen-bond donors (Lipinski definition) is 2. The van der Waals surface area contributed by atoms with Gasteiger partial charge < -0.3 is 10.6 Å². The maximum Gasteiger partial charge on any atom is 0.274 e. The first kappa shape index (κ1) is 13.5. The molecule has 0 unspecified atom stereocenters. The molecule has 19 heavy (non-hydrogen) atoms. The van der Waals surface area contributed by atoms with Gasteiger partial charge in [0.05, 0.1) is 16.2 Å². The molecule has 0 bridgehead atoms. The number of nitro groups is 1. The summed E-state index contributed by atoms with van der Waals surface area (Å²) in [4.78, 5) is 22.5. The highest BCUT2D eigenvalue weighted by molar-refractivity contribution is 5.93. The molecule has 1 aliphatic heterocycles. The van der Waals surface area contributed by atoms with E-state index >= 15 is 0 Å². The number of nitrogens with one attached hydrogen (secondary N) is 2. The Kier molecular flexibility index (Phi) is 4.11. The van der Waals surface area contributed by atoms with Crippen molar-refractivity contribution >= 4 is 17.3 Å². The third-order valence-corrected chi connectivity index (χ3v) is 3.47. The number of hydrogen-bond acceptors (Lipinski definition) is 4. The maximum absolute atomic E-state index is 12.1. The van der Waals surface area contributed by atoms with Gasteiger partial charge in [0.15, 0.2) is 0 Å². The summed E-state index contributed by atoms with van der Waals surface area (Å²) in [6.07, 6.45) is 1.61. The molecule has 1 saturated heterocycles. The van der Waals surface area contributed by atoms with Gasteiger partial charge in [-0.2, -0.15) is 0 Å². The molecule has 1 amide bonds. The van der Waals surface area contributed by atoms with E-state index in [1.165, 1.54) is 6.07 Å². The molecule has 1 aromatic rings. The van der Waals surface area contributed by atoms with Gasteiger partial charge in [0.25, 0.3) is 5.69 Å². The molecule has 0 atom stereocenters. The fraction of sp³-hybridized carbons (Fsp3) is 0.462. The van der Waals surface area contributed by atoms with E-state index in [9.17, 15) is 14.9 Å². The van der Waals surface area contributed by atoms with Crippen molar-refractivity contribution in [2.75, 3.05) is 18.4 Å². The van der Waals surface area contributed by atoms with Crippen LogP contribution in [-0.4, -0.2) is 23.9 Å². The van der Waals surface area contributed by atoms with Crippen molar-refractivity contribution < 1.29 is 9.72 Å². The zero-order valence-corrected chi connectivity index (χ0v) is 10.8. The van der Waals surface area contributed by atoms with Crippen LogP contribution >= 0.6 is 0 Å². The quantitative estimate of drug-likeness (QED) is 0.643. The van der Waals surface area contributed by atoms with Gasteiger partial charge in [-0.05, 0) is 38.9 Å². The second kappa shape index (κ2) is 5.79. The zero-order valence-electron chi connectivity index (χ0n) is 10.8. The molecule has 0 radical (unpaired) electrons. The molecule has 1 fully saturated rings. The molecule has 2 rings (SSSR count). The van der Waals surface area contributed by atoms with Crippen molar-refractivity contribution in [2.45, 2.75) is 19.8 Å². The van der Waals surface area contributed by atoms with Crippen molar-refractivity contribution in [3.05, 3.63) is 33.9 Å². The van der Waals surface area contributed by atoms with Crippen molar-refractivity contribution in [1.82, 2.24) is 5.32 Å². The van der Waals surface area contributed by atoms with E-state index in [1.807, 2.05) is 0 Å². The fourth-order valence-electron chi connectivity index (χ4n) is 2.28. The van der Waals surface area contributed by atoms with E-state index in [4.69, 9.17) is 0 Å². The summed E-state index contributed by atoms with van der Waals surface area (Å²) in [5.41, 5.74) is 1.05. The van der Waals surface area contributed by atoms with Crippen LogP contribution in [0.5, 0.6) is 0 Å². The average Bonchev–Trinajstić information content (AvgIpc) is 2.41. The molecule has 1 aliphatic rings. The lowest BCUT2D eigenvalue weighted by atomic mass is 9.97. The first-order valence-corrected chi connectivity index (χ1v) is 6.35. The van der Waals surface area contributed by atoms with Crippen molar-refractivity contribution in [3.8, 4) is 0 Å². The first-order chi connectivity index (χ1) is 9.09. The van der Waals surface area contributed by atoms with Gasteiger partial charge in [0, 0.05) is 12.0 Å². The van der Waals surface area contributed by atoms with Crippen LogP contribution in [0.4, 0.5) is 11.4 Å². The predicted molar refractivity (Wildman–Crippen MR) is 72.1 cm³/mol. The van der Waals surface area contributed by atoms with Crippen molar-refractivity contribution in [1.29, 1.82) is 0 Å². The number of benzene rings is 1. The zero-order chi connectivity index (χ0) is 13.8. The average molecular weight is 263 g/mol. The summed E-state index contributed by atoms with van der Waals surface area (Å²) in [6, 6.07) is 4.72. The lowest BCUT2D eigenvalue weighted by molar-refractivity contribution is -0.385. The number of amides is 1. The molecule has 0 spiro atoms. The van der Waals surface area contributed by atoms with Crippen LogP contribution in [0.1, 0.15) is 18.4 Å². The van der Waals surface area contributed by atoms with Crippen LogP contribution < -0.4 is 10.6 Å². The molecule has 6 nitrogen and oxygen atoms in total. The van der Waals surface area contributed by atoms with Crippen LogP contribution in [-0.2, 0) is 4.79 Å². The van der Waals surface area contributed by atoms with Crippen molar-refractivity contribution in [3.63, 3.8) is 0 Å². The van der Waals surface area contributed by atoms with Crippen LogP contribution in [0.15, 0.2) is 18.2 Å². The Morgan fingerprint density at radius 2 is 2.11 bits per heavy atom. The number of nitro benzene ring substituents is 1. The highest BCUT2D eigenvalue weighted by atomic mass is 16.6. The van der Waals surface area contributed by atoms with E-state index in [-0.39, 0.29) is 17.5 Å². The Balaban J connectivity index is 2.12. The second-order valence-corrected chi connectivity index (χ2v) is 4.72. The number of carbonyl (C=O) groups excluding carboxylic acids is 1. The molecule has 2 N–H and O–H groups in total. The van der Waals surface area contributed by atoms with Crippen LogP contribution in [0, 0.1) is 23.0 Å². The number of nitrogens with zero attached hydrogens (tertiary/aromatic N) is 1. The van der Waals surface area contributed by atoms with Crippen LogP contribution in [0.3, 0.4) is 0 Å². The van der Waals surface area contributed by atoms with Crippen molar-refractivity contribution in [2.24, 2.45) is 5.92 Å². The number of anilines is 1. The minimum atomic E-state index is -0.435. The van der Waals surface area contributed by atoms with E-state index in [2.05, 4.69) is 10.6 Å². The number of rotatable bonds is 3. The van der Waals surface area contributed by atoms with Gasteiger partial charge in [-0.3, -0.25) is 14.9 Å². The highest BCUT2D eigenvalue weighted by Crippen LogP contribution is 2.26. The summed E-state index contributed by atoms with van der Waals surface area (Å²) in [6.45, 7) is 3.33. The lowest BCUT2D eigenvalue weighted by Crippen LogP contribution is -2.34. The maximum atomic E-state index is 12.1. The Morgan fingerprint density at radius 1 is 1.42 bits per heavy atom. The molecule has 0 aromatic heterocycles. The van der Waals surface area contributed by atoms with Gasteiger partial charge in [-0.25, -0.2) is 0 Å². The van der Waals surface area contributed by atoms with Gasteiger partial charge in [0.2, 0.25) is 5.91 Å². The Morgan fingerprint density at radius 3 is 2.74 bits per heavy atom. The SMILES string of the molecule is Cc1c(NC(=O)C2CCNCC2)cccc1[N+](=O)[O-]. The standard InChI is InChI=1S/C13H17N3O3/c1-9-11(3-2-4-12(9)16(18)19)15-13(17)10-5-7-14-8-6-10/h2-4,10,14H,5-8H2,1H3,(H,15,17). The molecule has 1 heterocycles. The number of carbonyl (C=O) groups is 1. The number of piperidine rings is 1. The predicted octanol–water partition coefficient (Wildman–Crippen LogP) is 1.84. The molecule has 0 aliphatic carbocycles. The molecular weight excluding hydrogens is 246 g/mol. The van der Waals surface area contributed by atoms with E-state index in [0.29, 0.717) is 11.3 Å². The summed E-state index contributed by atoms with van der Waals surface area (Å²) >= 11 is 0. The largest absolute Gasteiger partial charge is 0.325 e. The molecule has 6 heteroatoms. The minimum absolute atomic E-state index is 0.0140. The Hall–Kier alpha value is -1.95. The third-order valence-electron chi connectivity index (χ3n) is 3.47.